The van der Waals surface area contributed by atoms with Gasteiger partial charge in [-0.15, -0.1) is 0 Å². The van der Waals surface area contributed by atoms with E-state index in [0.717, 1.165) is 6.42 Å². The summed E-state index contributed by atoms with van der Waals surface area (Å²) in [6.45, 7) is 6.13. The normalized spacial score (nSPS) is 12.8. The minimum Gasteiger partial charge on any atom is -0.466 e. The molecule has 0 radical (unpaired) electrons. The fraction of sp³-hybridized carbons (Fsp3) is 0.857. The van der Waals surface area contributed by atoms with Crippen LogP contribution in [-0.4, -0.2) is 12.6 Å². The van der Waals surface area contributed by atoms with Crippen LogP contribution < -0.4 is 0 Å². The molecule has 0 aromatic rings. The number of rotatable bonds is 3. The highest BCUT2D eigenvalue weighted by Gasteiger charge is 1.99. The minimum absolute atomic E-state index is 0.185. The van der Waals surface area contributed by atoms with E-state index in [9.17, 15) is 4.79 Å². The maximum Gasteiger partial charge on any atom is 0.302 e. The van der Waals surface area contributed by atoms with Crippen LogP contribution >= 0.6 is 0 Å². The Morgan fingerprint density at radius 1 is 1.67 bits per heavy atom. The standard InChI is InChI=1S/C7H14O2/c1-4-6(2)5-9-7(3)8/h6H,4-5H2,1-3H3/i3+1,7+1. The Kier molecular flexibility index (Phi) is 4.10. The maximum absolute atomic E-state index is 10.2. The Labute approximate surface area is 56.2 Å². The molecular formula is C7H14O2. The molecule has 0 aliphatic rings. The molecule has 0 rings (SSSR count). The van der Waals surface area contributed by atoms with E-state index in [4.69, 9.17) is 4.74 Å². The van der Waals surface area contributed by atoms with Gasteiger partial charge in [0.15, 0.2) is 0 Å². The van der Waals surface area contributed by atoms with Crippen LogP contribution in [0.15, 0.2) is 0 Å². The lowest BCUT2D eigenvalue weighted by Gasteiger charge is -2.06. The van der Waals surface area contributed by atoms with E-state index >= 15 is 0 Å². The number of hydrogen-bond acceptors (Lipinski definition) is 2. The number of carbonyl (C=O) groups is 1. The first kappa shape index (κ1) is 8.47. The van der Waals surface area contributed by atoms with Gasteiger partial charge in [0.05, 0.1) is 6.61 Å². The number of ether oxygens (including phenoxy) is 1. The van der Waals surface area contributed by atoms with Crippen LogP contribution in [0.2, 0.25) is 0 Å². The maximum atomic E-state index is 10.2. The van der Waals surface area contributed by atoms with Gasteiger partial charge in [-0.2, -0.15) is 0 Å². The van der Waals surface area contributed by atoms with E-state index in [1.165, 1.54) is 6.92 Å². The molecule has 0 saturated carbocycles. The summed E-state index contributed by atoms with van der Waals surface area (Å²) in [5.41, 5.74) is 0. The largest absolute Gasteiger partial charge is 0.466 e. The highest BCUT2D eigenvalue weighted by atomic mass is 16.6. The molecule has 1 atom stereocenters. The van der Waals surface area contributed by atoms with E-state index in [2.05, 4.69) is 13.8 Å². The third kappa shape index (κ3) is 5.34. The van der Waals surface area contributed by atoms with Gasteiger partial charge >= 0.3 is 5.97 Å². The monoisotopic (exact) mass is 132 g/mol. The van der Waals surface area contributed by atoms with E-state index in [1.807, 2.05) is 0 Å². The number of hydrogen-bond donors (Lipinski definition) is 0. The number of esters is 1. The van der Waals surface area contributed by atoms with Crippen LogP contribution in [0.25, 0.3) is 0 Å². The van der Waals surface area contributed by atoms with E-state index in [1.54, 1.807) is 0 Å². The van der Waals surface area contributed by atoms with Crippen molar-refractivity contribution in [3.8, 4) is 0 Å². The third-order valence-electron chi connectivity index (χ3n) is 1.27. The van der Waals surface area contributed by atoms with Crippen LogP contribution in [0.4, 0.5) is 0 Å². The van der Waals surface area contributed by atoms with Gasteiger partial charge in [-0.25, -0.2) is 0 Å². The van der Waals surface area contributed by atoms with Gasteiger partial charge in [-0.1, -0.05) is 20.3 Å². The molecule has 0 saturated heterocycles. The molecule has 9 heavy (non-hydrogen) atoms. The van der Waals surface area contributed by atoms with Crippen molar-refractivity contribution in [1.29, 1.82) is 0 Å². The zero-order valence-electron chi connectivity index (χ0n) is 6.31. The average Bonchev–Trinajstić information content (AvgIpc) is 1.83. The molecule has 0 aromatic heterocycles. The zero-order chi connectivity index (χ0) is 7.28. The average molecular weight is 132 g/mol. The summed E-state index contributed by atoms with van der Waals surface area (Å²) in [5.74, 6) is 0.309. The van der Waals surface area contributed by atoms with E-state index in [-0.39, 0.29) is 5.97 Å². The molecular weight excluding hydrogens is 118 g/mol. The Bertz CT molecular complexity index is 88.9. The van der Waals surface area contributed by atoms with E-state index < -0.39 is 0 Å². The summed E-state index contributed by atoms with van der Waals surface area (Å²) in [5, 5.41) is 0. The summed E-state index contributed by atoms with van der Waals surface area (Å²) < 4.78 is 4.76. The van der Waals surface area contributed by atoms with Crippen LogP contribution in [0.1, 0.15) is 27.2 Å². The Hall–Kier alpha value is -0.530. The lowest BCUT2D eigenvalue weighted by atomic mass is 10.1. The molecule has 0 aromatic carbocycles. The van der Waals surface area contributed by atoms with Crippen molar-refractivity contribution < 1.29 is 9.53 Å². The van der Waals surface area contributed by atoms with Crippen molar-refractivity contribution in [3.05, 3.63) is 0 Å². The summed E-state index contributed by atoms with van der Waals surface area (Å²) in [6.07, 6.45) is 1.06. The lowest BCUT2D eigenvalue weighted by Crippen LogP contribution is -2.07. The molecule has 54 valence electrons. The third-order valence-corrected chi connectivity index (χ3v) is 1.27. The second-order valence-electron chi connectivity index (χ2n) is 2.32. The Morgan fingerprint density at radius 3 is 2.56 bits per heavy atom. The fourth-order valence-corrected chi connectivity index (χ4v) is 0.377. The smallest absolute Gasteiger partial charge is 0.302 e. The second kappa shape index (κ2) is 4.36. The van der Waals surface area contributed by atoms with Crippen LogP contribution in [-0.2, 0) is 9.53 Å². The molecule has 0 heterocycles. The van der Waals surface area contributed by atoms with Crippen LogP contribution in [0.5, 0.6) is 0 Å². The molecule has 0 amide bonds. The molecule has 1 unspecified atom stereocenters. The van der Waals surface area contributed by atoms with Gasteiger partial charge in [0.25, 0.3) is 0 Å². The summed E-state index contributed by atoms with van der Waals surface area (Å²) in [6, 6.07) is 0. The first-order chi connectivity index (χ1) is 4.16. The Balaban J connectivity index is 3.16. The first-order valence-corrected chi connectivity index (χ1v) is 3.30. The van der Waals surface area contributed by atoms with Crippen LogP contribution in [0.3, 0.4) is 0 Å². The van der Waals surface area contributed by atoms with Gasteiger partial charge < -0.3 is 4.74 Å². The zero-order valence-corrected chi connectivity index (χ0v) is 6.31. The quantitative estimate of drug-likeness (QED) is 0.430. The van der Waals surface area contributed by atoms with Crippen molar-refractivity contribution in [3.63, 3.8) is 0 Å². The van der Waals surface area contributed by atoms with Crippen molar-refractivity contribution in [2.45, 2.75) is 27.2 Å². The molecule has 0 N–H and O–H groups in total. The summed E-state index contributed by atoms with van der Waals surface area (Å²) in [7, 11) is 0. The molecule has 2 heteroatoms. The summed E-state index contributed by atoms with van der Waals surface area (Å²) >= 11 is 0. The molecule has 0 aliphatic heterocycles. The second-order valence-corrected chi connectivity index (χ2v) is 2.32. The number of carbonyl (C=O) groups excluding carboxylic acids is 1. The van der Waals surface area contributed by atoms with Gasteiger partial charge in [0, 0.05) is 6.92 Å². The van der Waals surface area contributed by atoms with Gasteiger partial charge in [0.1, 0.15) is 0 Å². The van der Waals surface area contributed by atoms with Crippen molar-refractivity contribution in [1.82, 2.24) is 0 Å². The lowest BCUT2D eigenvalue weighted by molar-refractivity contribution is -0.142. The predicted molar refractivity (Wildman–Crippen MR) is 36.1 cm³/mol. The van der Waals surface area contributed by atoms with Gasteiger partial charge in [-0.3, -0.25) is 4.79 Å². The first-order valence-electron chi connectivity index (χ1n) is 3.30. The van der Waals surface area contributed by atoms with Crippen LogP contribution in [0, 0.1) is 5.92 Å². The van der Waals surface area contributed by atoms with E-state index in [0.29, 0.717) is 12.5 Å². The highest BCUT2D eigenvalue weighted by molar-refractivity contribution is 5.65. The van der Waals surface area contributed by atoms with Crippen molar-refractivity contribution in [2.75, 3.05) is 6.61 Å². The van der Waals surface area contributed by atoms with Crippen molar-refractivity contribution >= 4 is 5.97 Å². The molecule has 0 aliphatic carbocycles. The SMILES string of the molecule is CCC(C)CO[13C]([13CH3])=O. The van der Waals surface area contributed by atoms with Gasteiger partial charge in [-0.05, 0) is 5.92 Å². The highest BCUT2D eigenvalue weighted by Crippen LogP contribution is 1.99. The summed E-state index contributed by atoms with van der Waals surface area (Å²) in [4.78, 5) is 10.2. The van der Waals surface area contributed by atoms with Crippen molar-refractivity contribution in [2.24, 2.45) is 5.92 Å². The molecule has 0 fully saturated rings. The predicted octanol–water partition coefficient (Wildman–Crippen LogP) is 1.60. The van der Waals surface area contributed by atoms with Gasteiger partial charge in [0.2, 0.25) is 0 Å². The topological polar surface area (TPSA) is 26.3 Å². The fourth-order valence-electron chi connectivity index (χ4n) is 0.377. The molecule has 0 spiro atoms. The molecule has 0 bridgehead atoms. The molecule has 2 nitrogen and oxygen atoms in total. The Morgan fingerprint density at radius 2 is 2.22 bits per heavy atom. The minimum atomic E-state index is -0.185.